The average Bonchev–Trinajstić information content (AvgIpc) is 2.59. The number of benzene rings is 1. The molecule has 2 aliphatic carbocycles. The van der Waals surface area contributed by atoms with Crippen molar-refractivity contribution in [1.82, 2.24) is 0 Å². The molecule has 0 saturated heterocycles. The van der Waals surface area contributed by atoms with Crippen LogP contribution in [0.15, 0.2) is 22.7 Å². The van der Waals surface area contributed by atoms with Crippen molar-refractivity contribution in [3.8, 4) is 5.75 Å². The molecule has 1 aromatic rings. The first-order chi connectivity index (χ1) is 12.0. The van der Waals surface area contributed by atoms with Gasteiger partial charge in [0.05, 0.1) is 17.5 Å². The van der Waals surface area contributed by atoms with Crippen molar-refractivity contribution in [2.75, 3.05) is 13.7 Å². The normalized spacial score (nSPS) is 25.4. The zero-order chi connectivity index (χ0) is 18.0. The van der Waals surface area contributed by atoms with Gasteiger partial charge in [0.25, 0.3) is 0 Å². The highest BCUT2D eigenvalue weighted by Gasteiger charge is 2.41. The van der Waals surface area contributed by atoms with E-state index in [0.717, 1.165) is 19.3 Å². The van der Waals surface area contributed by atoms with Gasteiger partial charge in [-0.2, -0.15) is 0 Å². The molecule has 1 aromatic carbocycles. The lowest BCUT2D eigenvalue weighted by atomic mass is 9.67. The van der Waals surface area contributed by atoms with E-state index in [1.54, 1.807) is 25.3 Å². The molecule has 2 saturated carbocycles. The molecule has 0 aliphatic heterocycles. The van der Waals surface area contributed by atoms with Gasteiger partial charge in [-0.1, -0.05) is 6.42 Å². The molecule has 2 fully saturated rings. The van der Waals surface area contributed by atoms with Crippen LogP contribution in [0.4, 0.5) is 0 Å². The first-order valence-electron chi connectivity index (χ1n) is 8.56. The summed E-state index contributed by atoms with van der Waals surface area (Å²) in [5.74, 6) is 0.0653. The molecule has 0 radical (unpaired) electrons. The molecule has 0 aromatic heterocycles. The third kappa shape index (κ3) is 3.94. The van der Waals surface area contributed by atoms with Gasteiger partial charge in [0, 0.05) is 17.4 Å². The molecule has 134 valence electrons. The zero-order valence-electron chi connectivity index (χ0n) is 14.1. The largest absolute Gasteiger partial charge is 0.496 e. The quantitative estimate of drug-likeness (QED) is 0.549. The van der Waals surface area contributed by atoms with Crippen molar-refractivity contribution in [3.05, 3.63) is 28.2 Å². The lowest BCUT2D eigenvalue weighted by molar-refractivity contribution is -0.152. The highest BCUT2D eigenvalue weighted by atomic mass is 79.9. The van der Waals surface area contributed by atoms with Crippen molar-refractivity contribution in [2.45, 2.75) is 32.1 Å². The van der Waals surface area contributed by atoms with Crippen LogP contribution in [0.3, 0.4) is 0 Å². The van der Waals surface area contributed by atoms with E-state index in [-0.39, 0.29) is 36.1 Å². The fourth-order valence-electron chi connectivity index (χ4n) is 3.85. The van der Waals surface area contributed by atoms with Gasteiger partial charge in [0.2, 0.25) is 0 Å². The van der Waals surface area contributed by atoms with E-state index in [9.17, 15) is 14.4 Å². The van der Waals surface area contributed by atoms with Gasteiger partial charge in [0.1, 0.15) is 11.5 Å². The van der Waals surface area contributed by atoms with E-state index < -0.39 is 0 Å². The number of carbonyl (C=O) groups excluding carboxylic acids is 3. The predicted octanol–water partition coefficient (Wildman–Crippen LogP) is 3.58. The van der Waals surface area contributed by atoms with E-state index >= 15 is 0 Å². The third-order valence-corrected chi connectivity index (χ3v) is 5.82. The first kappa shape index (κ1) is 18.1. The minimum Gasteiger partial charge on any atom is -0.496 e. The van der Waals surface area contributed by atoms with Gasteiger partial charge in [-0.3, -0.25) is 14.4 Å². The summed E-state index contributed by atoms with van der Waals surface area (Å²) in [5.41, 5.74) is 0.455. The average molecular weight is 409 g/mol. The van der Waals surface area contributed by atoms with Crippen LogP contribution in [0, 0.1) is 17.8 Å². The van der Waals surface area contributed by atoms with Crippen LogP contribution in [0.2, 0.25) is 0 Å². The van der Waals surface area contributed by atoms with Crippen molar-refractivity contribution >= 4 is 33.5 Å². The maximum Gasteiger partial charge on any atom is 0.309 e. The minimum absolute atomic E-state index is 0.00158. The molecule has 3 atom stereocenters. The SMILES string of the molecule is COc1ccc(C(=O)COC(=O)C2C[C@H]3CCC[C@@H](C2)C3=O)cc1Br. The van der Waals surface area contributed by atoms with Crippen LogP contribution in [0.1, 0.15) is 42.5 Å². The third-order valence-electron chi connectivity index (χ3n) is 5.20. The molecule has 2 aliphatic rings. The van der Waals surface area contributed by atoms with Crippen LogP contribution >= 0.6 is 15.9 Å². The number of esters is 1. The van der Waals surface area contributed by atoms with E-state index in [2.05, 4.69) is 15.9 Å². The summed E-state index contributed by atoms with van der Waals surface area (Å²) in [6, 6.07) is 4.98. The molecule has 0 amide bonds. The van der Waals surface area contributed by atoms with Gasteiger partial charge in [0.15, 0.2) is 12.4 Å². The van der Waals surface area contributed by atoms with Crippen LogP contribution in [-0.2, 0) is 14.3 Å². The lowest BCUT2D eigenvalue weighted by Crippen LogP contribution is -2.39. The second kappa shape index (κ2) is 7.68. The van der Waals surface area contributed by atoms with Crippen LogP contribution in [-0.4, -0.2) is 31.3 Å². The first-order valence-corrected chi connectivity index (χ1v) is 9.36. The Morgan fingerprint density at radius 3 is 2.48 bits per heavy atom. The van der Waals surface area contributed by atoms with Gasteiger partial charge < -0.3 is 9.47 Å². The highest BCUT2D eigenvalue weighted by molar-refractivity contribution is 9.10. The maximum absolute atomic E-state index is 12.3. The summed E-state index contributed by atoms with van der Waals surface area (Å²) in [4.78, 5) is 36.7. The molecule has 5 nitrogen and oxygen atoms in total. The fourth-order valence-corrected chi connectivity index (χ4v) is 4.39. The Balaban J connectivity index is 1.56. The topological polar surface area (TPSA) is 69.7 Å². The minimum atomic E-state index is -0.356. The van der Waals surface area contributed by atoms with E-state index in [1.807, 2.05) is 0 Å². The summed E-state index contributed by atoms with van der Waals surface area (Å²) in [5, 5.41) is 0. The summed E-state index contributed by atoms with van der Waals surface area (Å²) in [6.07, 6.45) is 3.94. The second-order valence-electron chi connectivity index (χ2n) is 6.78. The van der Waals surface area contributed by atoms with Crippen LogP contribution in [0.25, 0.3) is 0 Å². The standard InChI is InChI=1S/C19H21BrO5/c1-24-17-6-5-11(9-15(17)20)16(21)10-25-19(23)14-7-12-3-2-4-13(8-14)18(12)22/h5-6,9,12-14H,2-4,7-8,10H2,1H3/t12-,13+,14?. The molecule has 6 heteroatoms. The number of rotatable bonds is 5. The van der Waals surface area contributed by atoms with Gasteiger partial charge >= 0.3 is 5.97 Å². The summed E-state index contributed by atoms with van der Waals surface area (Å²) in [7, 11) is 1.55. The van der Waals surface area contributed by atoms with Crippen molar-refractivity contribution in [3.63, 3.8) is 0 Å². The second-order valence-corrected chi connectivity index (χ2v) is 7.63. The Hall–Kier alpha value is -1.69. The van der Waals surface area contributed by atoms with Crippen molar-refractivity contribution in [2.24, 2.45) is 17.8 Å². The summed E-state index contributed by atoms with van der Waals surface area (Å²) in [6.45, 7) is -0.280. The lowest BCUT2D eigenvalue weighted by Gasteiger charge is -2.36. The number of ketones is 2. The number of methoxy groups -OCH3 is 1. The molecule has 3 rings (SSSR count). The number of hydrogen-bond acceptors (Lipinski definition) is 5. The van der Waals surface area contributed by atoms with Crippen molar-refractivity contribution in [1.29, 1.82) is 0 Å². The van der Waals surface area contributed by atoms with Gasteiger partial charge in [-0.05, 0) is 59.8 Å². The fraction of sp³-hybridized carbons (Fsp3) is 0.526. The number of Topliss-reactive ketones (excluding diaryl/α,β-unsaturated/α-hetero) is 2. The molecule has 2 bridgehead atoms. The molecule has 1 unspecified atom stereocenters. The smallest absolute Gasteiger partial charge is 0.309 e. The molecule has 0 spiro atoms. The Bertz CT molecular complexity index is 683. The van der Waals surface area contributed by atoms with Crippen LogP contribution < -0.4 is 4.74 Å². The zero-order valence-corrected chi connectivity index (χ0v) is 15.7. The van der Waals surface area contributed by atoms with Crippen LogP contribution in [0.5, 0.6) is 5.75 Å². The molecule has 0 heterocycles. The number of halogens is 1. The Morgan fingerprint density at radius 1 is 1.20 bits per heavy atom. The van der Waals surface area contributed by atoms with E-state index in [1.165, 1.54) is 0 Å². The van der Waals surface area contributed by atoms with E-state index in [0.29, 0.717) is 34.4 Å². The van der Waals surface area contributed by atoms with Gasteiger partial charge in [-0.25, -0.2) is 0 Å². The number of fused-ring (bicyclic) bond motifs is 2. The highest BCUT2D eigenvalue weighted by Crippen LogP contribution is 2.40. The summed E-state index contributed by atoms with van der Waals surface area (Å²) >= 11 is 3.33. The Kier molecular flexibility index (Phi) is 5.57. The Labute approximate surface area is 155 Å². The Morgan fingerprint density at radius 2 is 1.88 bits per heavy atom. The number of carbonyl (C=O) groups is 3. The summed E-state index contributed by atoms with van der Waals surface area (Å²) < 4.78 is 11.1. The van der Waals surface area contributed by atoms with E-state index in [4.69, 9.17) is 9.47 Å². The molecular formula is C19H21BrO5. The molecule has 0 N–H and O–H groups in total. The predicted molar refractivity (Wildman–Crippen MR) is 94.5 cm³/mol. The number of ether oxygens (including phenoxy) is 2. The number of hydrogen-bond donors (Lipinski definition) is 0. The molecular weight excluding hydrogens is 388 g/mol. The molecule has 25 heavy (non-hydrogen) atoms. The van der Waals surface area contributed by atoms with Gasteiger partial charge in [-0.15, -0.1) is 0 Å². The van der Waals surface area contributed by atoms with Crippen molar-refractivity contribution < 1.29 is 23.9 Å². The maximum atomic E-state index is 12.3. The monoisotopic (exact) mass is 408 g/mol.